The van der Waals surface area contributed by atoms with E-state index in [0.717, 1.165) is 28.6 Å². The van der Waals surface area contributed by atoms with E-state index in [-0.39, 0.29) is 5.92 Å². The van der Waals surface area contributed by atoms with Gasteiger partial charge in [-0.1, -0.05) is 18.2 Å². The maximum atomic E-state index is 13.5. The quantitative estimate of drug-likeness (QED) is 0.700. The number of hydrogen-bond donors (Lipinski definition) is 1. The number of rotatable bonds is 6. The van der Waals surface area contributed by atoms with Crippen molar-refractivity contribution in [2.45, 2.75) is 18.8 Å². The van der Waals surface area contributed by atoms with Gasteiger partial charge in [0.25, 0.3) is 0 Å². The second kappa shape index (κ2) is 7.61. The predicted octanol–water partition coefficient (Wildman–Crippen LogP) is 4.58. The summed E-state index contributed by atoms with van der Waals surface area (Å²) in [6.07, 6.45) is 1.24. The van der Waals surface area contributed by atoms with Crippen LogP contribution >= 0.6 is 11.3 Å². The minimum Gasteiger partial charge on any atom is -0.497 e. The first-order valence-corrected chi connectivity index (χ1v) is 8.71. The third-order valence-electron chi connectivity index (χ3n) is 4.08. The van der Waals surface area contributed by atoms with E-state index in [1.807, 2.05) is 29.6 Å². The lowest BCUT2D eigenvalue weighted by Gasteiger charge is -2.17. The normalized spacial score (nSPS) is 12.1. The lowest BCUT2D eigenvalue weighted by molar-refractivity contribution is 0.414. The number of benzene rings is 2. The molecule has 0 aliphatic heterocycles. The van der Waals surface area contributed by atoms with Crippen LogP contribution in [0.1, 0.15) is 22.7 Å². The highest BCUT2D eigenvalue weighted by Gasteiger charge is 2.16. The molecule has 6 heteroatoms. The highest BCUT2D eigenvalue weighted by molar-refractivity contribution is 7.13. The molecule has 0 aliphatic carbocycles. The highest BCUT2D eigenvalue weighted by atomic mass is 32.1. The molecule has 3 rings (SSSR count). The van der Waals surface area contributed by atoms with Gasteiger partial charge in [0.15, 0.2) is 16.8 Å². The van der Waals surface area contributed by atoms with E-state index >= 15 is 0 Å². The van der Waals surface area contributed by atoms with Crippen molar-refractivity contribution >= 4 is 16.5 Å². The predicted molar refractivity (Wildman–Crippen MR) is 96.0 cm³/mol. The van der Waals surface area contributed by atoms with Gasteiger partial charge in [-0.25, -0.2) is 13.8 Å². The molecule has 0 saturated heterocycles. The molecule has 1 heterocycles. The van der Waals surface area contributed by atoms with Gasteiger partial charge in [-0.05, 0) is 54.2 Å². The Morgan fingerprint density at radius 3 is 2.44 bits per heavy atom. The fourth-order valence-corrected chi connectivity index (χ4v) is 3.38. The monoisotopic (exact) mass is 360 g/mol. The molecule has 0 spiro atoms. The molecule has 0 radical (unpaired) electrons. The van der Waals surface area contributed by atoms with E-state index in [2.05, 4.69) is 4.98 Å². The van der Waals surface area contributed by atoms with Crippen molar-refractivity contribution in [1.82, 2.24) is 4.98 Å². The maximum absolute atomic E-state index is 13.5. The van der Waals surface area contributed by atoms with Crippen LogP contribution in [0.2, 0.25) is 0 Å². The number of halogens is 2. The SMILES string of the molecule is COc1ccc(C(Cc2ccc(F)c(F)c2)Cc2csc(N)n2)cc1. The van der Waals surface area contributed by atoms with Gasteiger partial charge in [-0.2, -0.15) is 0 Å². The van der Waals surface area contributed by atoms with Crippen molar-refractivity contribution in [2.24, 2.45) is 0 Å². The molecular formula is C19H18F2N2OS. The minimum absolute atomic E-state index is 0.0669. The zero-order valence-electron chi connectivity index (χ0n) is 13.7. The van der Waals surface area contributed by atoms with Crippen molar-refractivity contribution in [3.63, 3.8) is 0 Å². The zero-order valence-corrected chi connectivity index (χ0v) is 14.5. The molecule has 0 bridgehead atoms. The first-order chi connectivity index (χ1) is 12.0. The van der Waals surface area contributed by atoms with Crippen molar-refractivity contribution < 1.29 is 13.5 Å². The molecule has 0 amide bonds. The summed E-state index contributed by atoms with van der Waals surface area (Å²) in [5.41, 5.74) is 8.43. The molecule has 1 aromatic heterocycles. The summed E-state index contributed by atoms with van der Waals surface area (Å²) in [5, 5.41) is 2.45. The van der Waals surface area contributed by atoms with Gasteiger partial charge in [0, 0.05) is 5.38 Å². The number of ether oxygens (including phenoxy) is 1. The number of nitrogens with two attached hydrogens (primary N) is 1. The molecule has 2 N–H and O–H groups in total. The summed E-state index contributed by atoms with van der Waals surface area (Å²) < 4.78 is 31.9. The van der Waals surface area contributed by atoms with Crippen molar-refractivity contribution in [3.05, 3.63) is 76.3 Å². The van der Waals surface area contributed by atoms with Crippen molar-refractivity contribution in [2.75, 3.05) is 12.8 Å². The van der Waals surface area contributed by atoms with E-state index in [4.69, 9.17) is 10.5 Å². The summed E-state index contributed by atoms with van der Waals surface area (Å²) in [6.45, 7) is 0. The van der Waals surface area contributed by atoms with Crippen molar-refractivity contribution in [1.29, 1.82) is 0 Å². The highest BCUT2D eigenvalue weighted by Crippen LogP contribution is 2.28. The van der Waals surface area contributed by atoms with E-state index in [1.165, 1.54) is 17.4 Å². The van der Waals surface area contributed by atoms with Gasteiger partial charge in [0.1, 0.15) is 5.75 Å². The Balaban J connectivity index is 1.87. The van der Waals surface area contributed by atoms with E-state index in [0.29, 0.717) is 18.0 Å². The fourth-order valence-electron chi connectivity index (χ4n) is 2.80. The summed E-state index contributed by atoms with van der Waals surface area (Å²) >= 11 is 1.40. The lowest BCUT2D eigenvalue weighted by atomic mass is 9.88. The number of aromatic nitrogens is 1. The Kier molecular flexibility index (Phi) is 5.28. The Bertz CT molecular complexity index is 849. The molecule has 0 saturated carbocycles. The molecular weight excluding hydrogens is 342 g/mol. The third kappa shape index (κ3) is 4.33. The summed E-state index contributed by atoms with van der Waals surface area (Å²) in [5.74, 6) is -0.827. The Morgan fingerprint density at radius 1 is 1.08 bits per heavy atom. The van der Waals surface area contributed by atoms with Crippen LogP contribution in [-0.4, -0.2) is 12.1 Å². The van der Waals surface area contributed by atoms with Gasteiger partial charge in [0.05, 0.1) is 12.8 Å². The Labute approximate surface area is 149 Å². The van der Waals surface area contributed by atoms with Crippen LogP contribution < -0.4 is 10.5 Å². The van der Waals surface area contributed by atoms with E-state index in [9.17, 15) is 8.78 Å². The van der Waals surface area contributed by atoms with Crippen LogP contribution in [-0.2, 0) is 12.8 Å². The first-order valence-electron chi connectivity index (χ1n) is 7.83. The van der Waals surface area contributed by atoms with Gasteiger partial charge in [-0.15, -0.1) is 11.3 Å². The number of nitrogen functional groups attached to an aromatic ring is 1. The molecule has 0 fully saturated rings. The molecule has 1 unspecified atom stereocenters. The van der Waals surface area contributed by atoms with Crippen LogP contribution in [0.4, 0.5) is 13.9 Å². The van der Waals surface area contributed by atoms with E-state index in [1.54, 1.807) is 13.2 Å². The minimum atomic E-state index is -0.836. The van der Waals surface area contributed by atoms with Crippen LogP contribution in [0, 0.1) is 11.6 Å². The molecule has 3 nitrogen and oxygen atoms in total. The van der Waals surface area contributed by atoms with Crippen LogP contribution in [0.25, 0.3) is 0 Å². The van der Waals surface area contributed by atoms with E-state index < -0.39 is 11.6 Å². The standard InChI is InChI=1S/C19H18F2N2OS/c1-24-16-5-3-13(4-6-16)14(10-15-11-25-19(22)23-15)8-12-2-7-17(20)18(21)9-12/h2-7,9,11,14H,8,10H2,1H3,(H2,22,23). The second-order valence-corrected chi connectivity index (χ2v) is 6.69. The number of thiazole rings is 1. The maximum Gasteiger partial charge on any atom is 0.180 e. The fraction of sp³-hybridized carbons (Fsp3) is 0.211. The Hall–Kier alpha value is -2.47. The largest absolute Gasteiger partial charge is 0.497 e. The Morgan fingerprint density at radius 2 is 1.84 bits per heavy atom. The topological polar surface area (TPSA) is 48.1 Å². The molecule has 1 atom stereocenters. The molecule has 0 aliphatic rings. The van der Waals surface area contributed by atoms with Gasteiger partial charge in [0.2, 0.25) is 0 Å². The average molecular weight is 360 g/mol. The number of hydrogen-bond acceptors (Lipinski definition) is 4. The molecule has 130 valence electrons. The second-order valence-electron chi connectivity index (χ2n) is 5.80. The number of methoxy groups -OCH3 is 1. The first kappa shape index (κ1) is 17.4. The van der Waals surface area contributed by atoms with Crippen LogP contribution in [0.15, 0.2) is 47.8 Å². The average Bonchev–Trinajstić information content (AvgIpc) is 3.02. The molecule has 25 heavy (non-hydrogen) atoms. The summed E-state index contributed by atoms with van der Waals surface area (Å²) in [6, 6.07) is 11.8. The van der Waals surface area contributed by atoms with Crippen LogP contribution in [0.5, 0.6) is 5.75 Å². The van der Waals surface area contributed by atoms with Gasteiger partial charge >= 0.3 is 0 Å². The number of nitrogens with zero attached hydrogens (tertiary/aromatic N) is 1. The van der Waals surface area contributed by atoms with Gasteiger partial charge in [-0.3, -0.25) is 0 Å². The summed E-state index contributed by atoms with van der Waals surface area (Å²) in [7, 11) is 1.62. The third-order valence-corrected chi connectivity index (χ3v) is 4.80. The lowest BCUT2D eigenvalue weighted by Crippen LogP contribution is -2.08. The number of anilines is 1. The summed E-state index contributed by atoms with van der Waals surface area (Å²) in [4.78, 5) is 4.32. The van der Waals surface area contributed by atoms with Crippen LogP contribution in [0.3, 0.4) is 0 Å². The van der Waals surface area contributed by atoms with Gasteiger partial charge < -0.3 is 10.5 Å². The zero-order chi connectivity index (χ0) is 17.8. The van der Waals surface area contributed by atoms with Crippen molar-refractivity contribution in [3.8, 4) is 5.75 Å². The smallest absolute Gasteiger partial charge is 0.180 e. The molecule has 3 aromatic rings. The molecule has 2 aromatic carbocycles.